The van der Waals surface area contributed by atoms with Crippen molar-refractivity contribution < 1.29 is 14.7 Å². The minimum absolute atomic E-state index is 0.00444. The number of carbonyl (C=O) groups excluding carboxylic acids is 1. The lowest BCUT2D eigenvalue weighted by Crippen LogP contribution is -2.39. The highest BCUT2D eigenvalue weighted by molar-refractivity contribution is 5.94. The van der Waals surface area contributed by atoms with E-state index in [9.17, 15) is 14.4 Å². The van der Waals surface area contributed by atoms with Crippen LogP contribution in [0, 0.1) is 0 Å². The van der Waals surface area contributed by atoms with Gasteiger partial charge in [-0.05, 0) is 13.0 Å². The molecule has 0 radical (unpaired) electrons. The first-order valence-electron chi connectivity index (χ1n) is 4.50. The summed E-state index contributed by atoms with van der Waals surface area (Å²) in [5, 5.41) is 14.5. The Kier molecular flexibility index (Phi) is 3.39. The molecule has 86 valence electrons. The lowest BCUT2D eigenvalue weighted by Gasteiger charge is -2.08. The van der Waals surface area contributed by atoms with Gasteiger partial charge in [0.2, 0.25) is 0 Å². The van der Waals surface area contributed by atoms with Crippen LogP contribution in [-0.4, -0.2) is 32.8 Å². The highest BCUT2D eigenvalue weighted by Gasteiger charge is 2.16. The van der Waals surface area contributed by atoms with Gasteiger partial charge in [0.05, 0.1) is 0 Å². The molecule has 16 heavy (non-hydrogen) atoms. The van der Waals surface area contributed by atoms with Gasteiger partial charge in [-0.1, -0.05) is 0 Å². The summed E-state index contributed by atoms with van der Waals surface area (Å²) in [5.74, 6) is -1.77. The smallest absolute Gasteiger partial charge is 0.325 e. The molecule has 0 aromatic carbocycles. The van der Waals surface area contributed by atoms with E-state index in [1.807, 2.05) is 0 Å². The number of carboxylic acids is 1. The highest BCUT2D eigenvalue weighted by Crippen LogP contribution is 1.92. The minimum Gasteiger partial charge on any atom is -0.480 e. The van der Waals surface area contributed by atoms with Crippen molar-refractivity contribution >= 4 is 11.9 Å². The van der Waals surface area contributed by atoms with Crippen molar-refractivity contribution in [3.05, 3.63) is 28.2 Å². The van der Waals surface area contributed by atoms with Crippen LogP contribution in [0.15, 0.2) is 16.9 Å². The first kappa shape index (κ1) is 11.9. The summed E-state index contributed by atoms with van der Waals surface area (Å²) in [7, 11) is 1.40. The normalized spacial score (nSPS) is 11.9. The molecule has 1 atom stereocenters. The number of aryl methyl sites for hydroxylation is 1. The largest absolute Gasteiger partial charge is 0.480 e. The van der Waals surface area contributed by atoms with Crippen LogP contribution in [-0.2, 0) is 11.8 Å². The van der Waals surface area contributed by atoms with E-state index in [1.54, 1.807) is 0 Å². The molecule has 0 spiro atoms. The Morgan fingerprint density at radius 3 is 2.62 bits per heavy atom. The maximum atomic E-state index is 11.5. The predicted octanol–water partition coefficient (Wildman–Crippen LogP) is -1.02. The molecule has 0 saturated heterocycles. The highest BCUT2D eigenvalue weighted by atomic mass is 16.4. The fraction of sp³-hybridized carbons (Fsp3) is 0.333. The molecule has 7 nitrogen and oxygen atoms in total. The number of hydrogen-bond acceptors (Lipinski definition) is 4. The molecule has 0 fully saturated rings. The molecule has 1 unspecified atom stereocenters. The van der Waals surface area contributed by atoms with Crippen molar-refractivity contribution in [2.75, 3.05) is 0 Å². The van der Waals surface area contributed by atoms with Crippen molar-refractivity contribution in [3.8, 4) is 0 Å². The van der Waals surface area contributed by atoms with Gasteiger partial charge in [0.15, 0.2) is 0 Å². The van der Waals surface area contributed by atoms with Crippen LogP contribution in [0.1, 0.15) is 17.4 Å². The van der Waals surface area contributed by atoms with Gasteiger partial charge in [-0.15, -0.1) is 0 Å². The first-order chi connectivity index (χ1) is 7.41. The maximum absolute atomic E-state index is 11.5. The minimum atomic E-state index is -1.14. The molecule has 1 rings (SSSR count). The summed E-state index contributed by atoms with van der Waals surface area (Å²) >= 11 is 0. The standard InChI is InChI=1S/C9H11N3O4/c1-5(9(15)16)10-8(14)6-3-4-7(13)12(2)11-6/h3-5H,1-2H3,(H,10,14)(H,15,16). The first-order valence-corrected chi connectivity index (χ1v) is 4.50. The van der Waals surface area contributed by atoms with Crippen molar-refractivity contribution in [1.82, 2.24) is 15.1 Å². The van der Waals surface area contributed by atoms with E-state index in [0.29, 0.717) is 0 Å². The quantitative estimate of drug-likeness (QED) is 0.685. The second kappa shape index (κ2) is 4.56. The number of hydrogen-bond donors (Lipinski definition) is 2. The van der Waals surface area contributed by atoms with E-state index >= 15 is 0 Å². The van der Waals surface area contributed by atoms with Crippen molar-refractivity contribution in [2.24, 2.45) is 7.05 Å². The fourth-order valence-corrected chi connectivity index (χ4v) is 0.956. The molecule has 1 aromatic heterocycles. The Labute approximate surface area is 90.7 Å². The number of amides is 1. The number of rotatable bonds is 3. The molecule has 0 bridgehead atoms. The molecule has 1 heterocycles. The summed E-state index contributed by atoms with van der Waals surface area (Å²) in [6.07, 6.45) is 0. The SMILES string of the molecule is CC(NC(=O)c1ccc(=O)n(C)n1)C(=O)O. The number of carbonyl (C=O) groups is 2. The number of carboxylic acid groups (broad SMARTS) is 1. The Bertz CT molecular complexity index is 480. The van der Waals surface area contributed by atoms with Crippen LogP contribution in [0.3, 0.4) is 0 Å². The lowest BCUT2D eigenvalue weighted by atomic mass is 10.3. The maximum Gasteiger partial charge on any atom is 0.325 e. The van der Waals surface area contributed by atoms with Gasteiger partial charge >= 0.3 is 5.97 Å². The topological polar surface area (TPSA) is 101 Å². The van der Waals surface area contributed by atoms with Gasteiger partial charge < -0.3 is 10.4 Å². The second-order valence-electron chi connectivity index (χ2n) is 3.21. The number of aliphatic carboxylic acids is 1. The summed E-state index contributed by atoms with van der Waals surface area (Å²) in [5.41, 5.74) is -0.349. The summed E-state index contributed by atoms with van der Waals surface area (Å²) in [6.45, 7) is 1.34. The number of aromatic nitrogens is 2. The zero-order chi connectivity index (χ0) is 12.3. The zero-order valence-corrected chi connectivity index (χ0v) is 8.80. The third-order valence-electron chi connectivity index (χ3n) is 1.91. The summed E-state index contributed by atoms with van der Waals surface area (Å²) in [4.78, 5) is 33.0. The van der Waals surface area contributed by atoms with E-state index in [0.717, 1.165) is 4.68 Å². The summed E-state index contributed by atoms with van der Waals surface area (Å²) < 4.78 is 1.00. The monoisotopic (exact) mass is 225 g/mol. The lowest BCUT2D eigenvalue weighted by molar-refractivity contribution is -0.138. The summed E-state index contributed by atoms with van der Waals surface area (Å²) in [6, 6.07) is 1.42. The Morgan fingerprint density at radius 2 is 2.12 bits per heavy atom. The molecule has 0 saturated carbocycles. The van der Waals surface area contributed by atoms with E-state index in [2.05, 4.69) is 10.4 Å². The van der Waals surface area contributed by atoms with Crippen molar-refractivity contribution in [2.45, 2.75) is 13.0 Å². The average molecular weight is 225 g/mol. The molecule has 2 N–H and O–H groups in total. The Morgan fingerprint density at radius 1 is 1.50 bits per heavy atom. The Hall–Kier alpha value is -2.18. The molecule has 7 heteroatoms. The molecular weight excluding hydrogens is 214 g/mol. The van der Waals surface area contributed by atoms with E-state index in [4.69, 9.17) is 5.11 Å². The number of nitrogens with one attached hydrogen (secondary N) is 1. The predicted molar refractivity (Wildman–Crippen MR) is 54.0 cm³/mol. The molecule has 0 aliphatic carbocycles. The van der Waals surface area contributed by atoms with E-state index < -0.39 is 17.9 Å². The van der Waals surface area contributed by atoms with Gasteiger partial charge in [-0.2, -0.15) is 5.10 Å². The van der Waals surface area contributed by atoms with E-state index in [1.165, 1.54) is 26.1 Å². The van der Waals surface area contributed by atoms with Crippen molar-refractivity contribution in [3.63, 3.8) is 0 Å². The molecule has 0 aliphatic heterocycles. The molecule has 1 aromatic rings. The van der Waals surface area contributed by atoms with Crippen LogP contribution < -0.4 is 10.9 Å². The van der Waals surface area contributed by atoms with Gasteiger partial charge in [0.1, 0.15) is 11.7 Å². The second-order valence-corrected chi connectivity index (χ2v) is 3.21. The molecule has 0 aliphatic rings. The van der Waals surface area contributed by atoms with Crippen LogP contribution in [0.4, 0.5) is 0 Å². The van der Waals surface area contributed by atoms with Crippen molar-refractivity contribution in [1.29, 1.82) is 0 Å². The average Bonchev–Trinajstić information content (AvgIpc) is 2.21. The number of nitrogens with zero attached hydrogens (tertiary/aromatic N) is 2. The van der Waals surface area contributed by atoms with E-state index in [-0.39, 0.29) is 11.3 Å². The van der Waals surface area contributed by atoms with Crippen LogP contribution in [0.5, 0.6) is 0 Å². The fourth-order valence-electron chi connectivity index (χ4n) is 0.956. The van der Waals surface area contributed by atoms with Crippen LogP contribution >= 0.6 is 0 Å². The van der Waals surface area contributed by atoms with Gasteiger partial charge in [0, 0.05) is 13.1 Å². The molecule has 1 amide bonds. The molecular formula is C9H11N3O4. The van der Waals surface area contributed by atoms with Gasteiger partial charge in [-0.25, -0.2) is 4.68 Å². The van der Waals surface area contributed by atoms with Gasteiger partial charge in [-0.3, -0.25) is 14.4 Å². The van der Waals surface area contributed by atoms with Gasteiger partial charge in [0.25, 0.3) is 11.5 Å². The third kappa shape index (κ3) is 2.66. The third-order valence-corrected chi connectivity index (χ3v) is 1.91. The zero-order valence-electron chi connectivity index (χ0n) is 8.80. The Balaban J connectivity index is 2.85. The van der Waals surface area contributed by atoms with Crippen LogP contribution in [0.2, 0.25) is 0 Å². The van der Waals surface area contributed by atoms with Crippen LogP contribution in [0.25, 0.3) is 0 Å².